The van der Waals surface area contributed by atoms with Gasteiger partial charge in [0.1, 0.15) is 19.8 Å². The molecule has 1 amide bonds. The molecule has 0 saturated carbocycles. The van der Waals surface area contributed by atoms with E-state index >= 15 is 0 Å². The van der Waals surface area contributed by atoms with Gasteiger partial charge >= 0.3 is 6.18 Å². The predicted molar refractivity (Wildman–Crippen MR) is 102 cm³/mol. The molecule has 0 radical (unpaired) electrons. The van der Waals surface area contributed by atoms with Gasteiger partial charge in [-0.15, -0.1) is 10.2 Å². The van der Waals surface area contributed by atoms with Crippen molar-refractivity contribution in [3.05, 3.63) is 53.6 Å². The summed E-state index contributed by atoms with van der Waals surface area (Å²) in [5.41, 5.74) is 0.173. The summed E-state index contributed by atoms with van der Waals surface area (Å²) in [5.74, 6) is 0.894. The lowest BCUT2D eigenvalue weighted by molar-refractivity contribution is -0.137. The molecule has 0 fully saturated rings. The molecule has 0 unspecified atom stereocenters. The number of nitrogens with one attached hydrogen (secondary N) is 1. The van der Waals surface area contributed by atoms with Gasteiger partial charge in [-0.05, 0) is 42.0 Å². The number of hydrogen-bond donors (Lipinski definition) is 1. The normalized spacial score (nSPS) is 14.2. The monoisotopic (exact) mass is 433 g/mol. The smallest absolute Gasteiger partial charge is 0.416 e. The molecule has 31 heavy (non-hydrogen) atoms. The maximum Gasteiger partial charge on any atom is 0.416 e. The van der Waals surface area contributed by atoms with Crippen LogP contribution < -0.4 is 14.8 Å². The molecule has 2 heterocycles. The van der Waals surface area contributed by atoms with Gasteiger partial charge in [-0.2, -0.15) is 18.0 Å². The lowest BCUT2D eigenvalue weighted by Crippen LogP contribution is -2.31. The Kier molecular flexibility index (Phi) is 5.49. The molecule has 1 aliphatic heterocycles. The van der Waals surface area contributed by atoms with E-state index in [-0.39, 0.29) is 29.9 Å². The minimum Gasteiger partial charge on any atom is -0.486 e. The van der Waals surface area contributed by atoms with E-state index in [0.717, 1.165) is 22.5 Å². The molecule has 8 nitrogen and oxygen atoms in total. The molecular weight excluding hydrogens is 415 g/mol. The Morgan fingerprint density at radius 3 is 2.71 bits per heavy atom. The lowest BCUT2D eigenvalue weighted by atomic mass is 10.1. The fourth-order valence-corrected chi connectivity index (χ4v) is 3.09. The standard InChI is InChI=1S/C20H18F3N5O3/c1-12(13-5-6-16-17(10-13)31-8-7-30-16)24-18(29)11-28-26-19(25-27-28)14-3-2-4-15(9-14)20(21,22)23/h2-6,9-10,12H,7-8,11H2,1H3,(H,24,29)/t12-/m0/s1. The quantitative estimate of drug-likeness (QED) is 0.665. The van der Waals surface area contributed by atoms with E-state index in [1.807, 2.05) is 13.0 Å². The molecular formula is C20H18F3N5O3. The Bertz CT molecular complexity index is 1100. The second kappa shape index (κ2) is 8.25. The van der Waals surface area contributed by atoms with Crippen molar-refractivity contribution in [1.29, 1.82) is 0 Å². The van der Waals surface area contributed by atoms with Crippen LogP contribution in [0.25, 0.3) is 11.4 Å². The van der Waals surface area contributed by atoms with Gasteiger partial charge in [0.05, 0.1) is 11.6 Å². The fourth-order valence-electron chi connectivity index (χ4n) is 3.09. The molecule has 1 aliphatic rings. The maximum atomic E-state index is 12.9. The summed E-state index contributed by atoms with van der Waals surface area (Å²) in [5, 5.41) is 14.3. The Morgan fingerprint density at radius 2 is 1.94 bits per heavy atom. The number of hydrogen-bond acceptors (Lipinski definition) is 6. The third kappa shape index (κ3) is 4.76. The molecule has 3 aromatic rings. The number of fused-ring (bicyclic) bond motifs is 1. The molecule has 0 aliphatic carbocycles. The number of nitrogens with zero attached hydrogens (tertiary/aromatic N) is 4. The zero-order valence-electron chi connectivity index (χ0n) is 16.4. The number of aromatic nitrogens is 4. The molecule has 162 valence electrons. The lowest BCUT2D eigenvalue weighted by Gasteiger charge is -2.21. The highest BCUT2D eigenvalue weighted by Crippen LogP contribution is 2.33. The number of amides is 1. The third-order valence-corrected chi connectivity index (χ3v) is 4.63. The van der Waals surface area contributed by atoms with Crippen LogP contribution in [0.4, 0.5) is 13.2 Å². The van der Waals surface area contributed by atoms with Crippen molar-refractivity contribution in [2.45, 2.75) is 25.7 Å². The highest BCUT2D eigenvalue weighted by atomic mass is 19.4. The number of carbonyl (C=O) groups excluding carboxylic acids is 1. The summed E-state index contributed by atoms with van der Waals surface area (Å²) in [6.07, 6.45) is -4.48. The van der Waals surface area contributed by atoms with Crippen molar-refractivity contribution in [2.24, 2.45) is 0 Å². The average Bonchev–Trinajstić information content (AvgIpc) is 3.21. The van der Waals surface area contributed by atoms with Gasteiger partial charge in [-0.1, -0.05) is 18.2 Å². The molecule has 2 aromatic carbocycles. The Balaban J connectivity index is 1.40. The van der Waals surface area contributed by atoms with Crippen LogP contribution in [-0.4, -0.2) is 39.3 Å². The summed E-state index contributed by atoms with van der Waals surface area (Å²) in [4.78, 5) is 13.4. The zero-order chi connectivity index (χ0) is 22.0. The summed E-state index contributed by atoms with van der Waals surface area (Å²) in [6.45, 7) is 2.53. The first-order valence-electron chi connectivity index (χ1n) is 9.44. The van der Waals surface area contributed by atoms with Crippen molar-refractivity contribution in [2.75, 3.05) is 13.2 Å². The van der Waals surface area contributed by atoms with E-state index in [2.05, 4.69) is 20.7 Å². The minimum absolute atomic E-state index is 0.00113. The predicted octanol–water partition coefficient (Wildman–Crippen LogP) is 3.01. The highest BCUT2D eigenvalue weighted by molar-refractivity contribution is 5.76. The summed E-state index contributed by atoms with van der Waals surface area (Å²) >= 11 is 0. The van der Waals surface area contributed by atoms with Crippen molar-refractivity contribution >= 4 is 5.91 Å². The molecule has 1 aromatic heterocycles. The third-order valence-electron chi connectivity index (χ3n) is 4.63. The van der Waals surface area contributed by atoms with Gasteiger partial charge in [0.2, 0.25) is 11.7 Å². The van der Waals surface area contributed by atoms with E-state index < -0.39 is 11.7 Å². The molecule has 1 atom stereocenters. The number of benzene rings is 2. The zero-order valence-corrected chi connectivity index (χ0v) is 16.4. The summed E-state index contributed by atoms with van der Waals surface area (Å²) in [7, 11) is 0. The first-order valence-corrected chi connectivity index (χ1v) is 9.44. The van der Waals surface area contributed by atoms with E-state index in [0.29, 0.717) is 24.7 Å². The van der Waals surface area contributed by atoms with E-state index in [1.54, 1.807) is 12.1 Å². The maximum absolute atomic E-state index is 12.9. The van der Waals surface area contributed by atoms with Gasteiger partial charge in [0.25, 0.3) is 0 Å². The van der Waals surface area contributed by atoms with Gasteiger partial charge in [0, 0.05) is 5.56 Å². The van der Waals surface area contributed by atoms with Crippen LogP contribution >= 0.6 is 0 Å². The largest absolute Gasteiger partial charge is 0.486 e. The second-order valence-electron chi connectivity index (χ2n) is 6.91. The van der Waals surface area contributed by atoms with Crippen molar-refractivity contribution in [3.8, 4) is 22.9 Å². The number of halogens is 3. The van der Waals surface area contributed by atoms with Crippen LogP contribution in [0.3, 0.4) is 0 Å². The van der Waals surface area contributed by atoms with Crippen LogP contribution in [0.5, 0.6) is 11.5 Å². The molecule has 0 bridgehead atoms. The van der Waals surface area contributed by atoms with Gasteiger partial charge < -0.3 is 14.8 Å². The van der Waals surface area contributed by atoms with Crippen LogP contribution in [-0.2, 0) is 17.5 Å². The molecule has 0 saturated heterocycles. The first kappa shape index (κ1) is 20.6. The first-order chi connectivity index (χ1) is 14.8. The van der Waals surface area contributed by atoms with Crippen molar-refractivity contribution < 1.29 is 27.4 Å². The molecule has 0 spiro atoms. The van der Waals surface area contributed by atoms with Crippen molar-refractivity contribution in [1.82, 2.24) is 25.5 Å². The molecule has 1 N–H and O–H groups in total. The topological polar surface area (TPSA) is 91.2 Å². The average molecular weight is 433 g/mol. The Morgan fingerprint density at radius 1 is 1.16 bits per heavy atom. The summed E-state index contributed by atoms with van der Waals surface area (Å²) < 4.78 is 49.7. The highest BCUT2D eigenvalue weighted by Gasteiger charge is 2.30. The molecule has 4 rings (SSSR count). The van der Waals surface area contributed by atoms with Crippen LogP contribution in [0, 0.1) is 0 Å². The second-order valence-corrected chi connectivity index (χ2v) is 6.91. The minimum atomic E-state index is -4.48. The van der Waals surface area contributed by atoms with E-state index in [1.165, 1.54) is 12.1 Å². The van der Waals surface area contributed by atoms with E-state index in [9.17, 15) is 18.0 Å². The Hall–Kier alpha value is -3.63. The molecule has 11 heteroatoms. The number of alkyl halides is 3. The fraction of sp³-hybridized carbons (Fsp3) is 0.300. The summed E-state index contributed by atoms with van der Waals surface area (Å²) in [6, 6.07) is 9.70. The SMILES string of the molecule is C[C@H](NC(=O)Cn1nnc(-c2cccc(C(F)(F)F)c2)n1)c1ccc2c(c1)OCCO2. The van der Waals surface area contributed by atoms with Crippen LogP contribution in [0.15, 0.2) is 42.5 Å². The van der Waals surface area contributed by atoms with Crippen molar-refractivity contribution in [3.63, 3.8) is 0 Å². The number of carbonyl (C=O) groups is 1. The van der Waals surface area contributed by atoms with Crippen LogP contribution in [0.2, 0.25) is 0 Å². The van der Waals surface area contributed by atoms with Gasteiger partial charge in [-0.3, -0.25) is 4.79 Å². The number of ether oxygens (including phenoxy) is 2. The van der Waals surface area contributed by atoms with E-state index in [4.69, 9.17) is 9.47 Å². The number of rotatable bonds is 5. The number of tetrazole rings is 1. The van der Waals surface area contributed by atoms with Gasteiger partial charge in [0.15, 0.2) is 11.5 Å². The Labute approximate surface area is 175 Å². The van der Waals surface area contributed by atoms with Crippen LogP contribution in [0.1, 0.15) is 24.1 Å². The van der Waals surface area contributed by atoms with Gasteiger partial charge in [-0.25, -0.2) is 0 Å².